The molecule has 1 saturated heterocycles. The van der Waals surface area contributed by atoms with Crippen molar-refractivity contribution in [1.82, 2.24) is 14.8 Å². The number of nitrogens with zero attached hydrogens (tertiary/aromatic N) is 3. The van der Waals surface area contributed by atoms with Crippen molar-refractivity contribution in [2.45, 2.75) is 72.1 Å². The van der Waals surface area contributed by atoms with Gasteiger partial charge in [0, 0.05) is 11.4 Å². The van der Waals surface area contributed by atoms with Gasteiger partial charge >= 0.3 is 10.1 Å². The normalized spacial score (nSPS) is 29.5. The molecule has 2 aliphatic rings. The zero-order valence-corrected chi connectivity index (χ0v) is 20.9. The molecule has 0 spiro atoms. The fourth-order valence-corrected chi connectivity index (χ4v) is 5.08. The Morgan fingerprint density at radius 3 is 2.53 bits per heavy atom. The van der Waals surface area contributed by atoms with Gasteiger partial charge in [-0.3, -0.25) is 4.55 Å². The van der Waals surface area contributed by atoms with E-state index >= 15 is 0 Å². The summed E-state index contributed by atoms with van der Waals surface area (Å²) in [6, 6.07) is 4.32. The molecule has 1 aromatic heterocycles. The molecule has 0 amide bonds. The molecule has 1 aliphatic carbocycles. The number of aliphatic hydroxyl groups excluding tert-OH is 4. The molecule has 13 nitrogen and oxygen atoms in total. The molecule has 1 aromatic carbocycles. The molecule has 2 heterocycles. The van der Waals surface area contributed by atoms with Crippen molar-refractivity contribution >= 4 is 33.3 Å². The van der Waals surface area contributed by atoms with E-state index in [4.69, 9.17) is 32.7 Å². The molecule has 6 N–H and O–H groups in total. The Bertz CT molecular complexity index is 1210. The van der Waals surface area contributed by atoms with Crippen LogP contribution >= 0.6 is 23.2 Å². The number of aliphatic hydroxyl groups is 5. The molecule has 6 atom stereocenters. The molecule has 1 unspecified atom stereocenters. The third-order valence-corrected chi connectivity index (χ3v) is 8.22. The average Bonchev–Trinajstić information content (AvgIpc) is 3.40. The van der Waals surface area contributed by atoms with E-state index in [9.17, 15) is 38.5 Å². The molecule has 0 radical (unpaired) electrons. The van der Waals surface area contributed by atoms with Crippen LogP contribution in [-0.4, -0.2) is 101 Å². The first-order valence-corrected chi connectivity index (χ1v) is 13.0. The van der Waals surface area contributed by atoms with Crippen molar-refractivity contribution in [2.24, 2.45) is 0 Å². The van der Waals surface area contributed by atoms with Crippen LogP contribution in [0, 0.1) is 0 Å². The van der Waals surface area contributed by atoms with Crippen LogP contribution in [0.4, 0.5) is 0 Å². The lowest BCUT2D eigenvalue weighted by Gasteiger charge is -2.39. The topological polar surface area (TPSA) is 205 Å². The minimum Gasteiger partial charge on any atom is -0.462 e. The van der Waals surface area contributed by atoms with Gasteiger partial charge in [-0.2, -0.15) is 13.5 Å². The fourth-order valence-electron chi connectivity index (χ4n) is 4.11. The molecule has 16 heteroatoms. The number of alkyl halides is 1. The first-order chi connectivity index (χ1) is 16.8. The second-order valence-corrected chi connectivity index (χ2v) is 11.4. The van der Waals surface area contributed by atoms with Gasteiger partial charge in [0.15, 0.2) is 0 Å². The zero-order valence-electron chi connectivity index (χ0n) is 18.6. The molecular weight excluding hydrogens is 545 g/mol. The minimum absolute atomic E-state index is 0.111. The highest BCUT2D eigenvalue weighted by Gasteiger charge is 2.58. The third kappa shape index (κ3) is 5.34. The van der Waals surface area contributed by atoms with Gasteiger partial charge in [0.25, 0.3) is 5.16 Å². The average molecular weight is 570 g/mol. The number of ether oxygens (including phenoxy) is 2. The third-order valence-electron chi connectivity index (χ3n) is 6.35. The smallest absolute Gasteiger partial charge is 0.330 e. The van der Waals surface area contributed by atoms with E-state index in [0.29, 0.717) is 18.4 Å². The van der Waals surface area contributed by atoms with E-state index < -0.39 is 69.6 Å². The zero-order chi connectivity index (χ0) is 26.5. The van der Waals surface area contributed by atoms with Crippen LogP contribution in [0.2, 0.25) is 5.02 Å². The van der Waals surface area contributed by atoms with E-state index in [1.165, 1.54) is 18.2 Å². The summed E-state index contributed by atoms with van der Waals surface area (Å²) in [5.41, 5.74) is -1.45. The Hall–Kier alpha value is -1.59. The summed E-state index contributed by atoms with van der Waals surface area (Å²) >= 11 is 12.9. The maximum Gasteiger partial charge on any atom is 0.330 e. The van der Waals surface area contributed by atoms with Crippen molar-refractivity contribution in [3.05, 3.63) is 35.1 Å². The van der Waals surface area contributed by atoms with Crippen molar-refractivity contribution in [1.29, 1.82) is 0 Å². The monoisotopic (exact) mass is 569 g/mol. The molecule has 0 bridgehead atoms. The summed E-state index contributed by atoms with van der Waals surface area (Å²) < 4.78 is 44.5. The highest BCUT2D eigenvalue weighted by Crippen LogP contribution is 2.53. The molecule has 36 heavy (non-hydrogen) atoms. The molecule has 4 rings (SSSR count). The van der Waals surface area contributed by atoms with Gasteiger partial charge in [-0.05, 0) is 36.6 Å². The maximum absolute atomic E-state index is 11.6. The standard InChI is InChI=1S/C20H25Cl2N3O10S/c21-12-2-1-11(34-17-16(29)15(28)14(27)13(7-26)35-17)5-10(12)6-20(30,19(22)3-4-19)8-25-18(23-9-24-25)36(31,32)33/h1-2,5,9,13-17,26-30H,3-4,6-8H2,(H,31,32,33)/t13-,14-,15+,16-,17+,20?/m1/s1. The SMILES string of the molecule is O=S(=O)(O)c1ncnn1CC(O)(Cc1cc(O[C@H]2O[C@H](CO)[C@@H](O)[C@H](O)[C@H]2O)ccc1Cl)C1(Cl)CC1. The lowest BCUT2D eigenvalue weighted by molar-refractivity contribution is -0.277. The minimum atomic E-state index is -4.72. The Morgan fingerprint density at radius 1 is 1.22 bits per heavy atom. The van der Waals surface area contributed by atoms with Crippen LogP contribution in [0.25, 0.3) is 0 Å². The lowest BCUT2D eigenvalue weighted by Crippen LogP contribution is -2.60. The quantitative estimate of drug-likeness (QED) is 0.160. The number of hydrogen-bond donors (Lipinski definition) is 6. The first kappa shape index (κ1) is 27.4. The van der Waals surface area contributed by atoms with E-state index in [1.54, 1.807) is 0 Å². The predicted octanol–water partition coefficient (Wildman–Crippen LogP) is -0.898. The van der Waals surface area contributed by atoms with Gasteiger partial charge in [0.05, 0.1) is 18.0 Å². The van der Waals surface area contributed by atoms with Crippen LogP contribution in [0.3, 0.4) is 0 Å². The largest absolute Gasteiger partial charge is 0.462 e. The number of halogens is 2. The molecule has 2 fully saturated rings. The van der Waals surface area contributed by atoms with E-state index in [1.807, 2.05) is 0 Å². The molecule has 2 aromatic rings. The Labute approximate surface area is 215 Å². The number of rotatable bonds is 9. The van der Waals surface area contributed by atoms with Crippen LogP contribution in [-0.2, 0) is 27.8 Å². The summed E-state index contributed by atoms with van der Waals surface area (Å²) in [6.45, 7) is -1.06. The summed E-state index contributed by atoms with van der Waals surface area (Å²) in [5, 5.41) is 54.3. The summed E-state index contributed by atoms with van der Waals surface area (Å²) in [5.74, 6) is 0.111. The van der Waals surface area contributed by atoms with Gasteiger partial charge in [-0.1, -0.05) is 11.6 Å². The summed E-state index contributed by atoms with van der Waals surface area (Å²) in [6.07, 6.45) is -5.88. The van der Waals surface area contributed by atoms with Gasteiger partial charge < -0.3 is 35.0 Å². The van der Waals surface area contributed by atoms with Crippen molar-refractivity contribution in [3.63, 3.8) is 0 Å². The van der Waals surface area contributed by atoms with Gasteiger partial charge in [-0.15, -0.1) is 11.6 Å². The maximum atomic E-state index is 11.6. The van der Waals surface area contributed by atoms with E-state index in [0.717, 1.165) is 11.0 Å². The first-order valence-electron chi connectivity index (χ1n) is 10.8. The van der Waals surface area contributed by atoms with Crippen molar-refractivity contribution < 1.29 is 48.0 Å². The van der Waals surface area contributed by atoms with Crippen LogP contribution in [0.5, 0.6) is 5.75 Å². The second kappa shape index (κ2) is 9.94. The number of hydrogen-bond acceptors (Lipinski definition) is 11. The highest BCUT2D eigenvalue weighted by atomic mass is 35.5. The summed E-state index contributed by atoms with van der Waals surface area (Å²) in [4.78, 5) is 2.40. The van der Waals surface area contributed by atoms with Crippen LogP contribution in [0.1, 0.15) is 18.4 Å². The molecule has 1 saturated carbocycles. The van der Waals surface area contributed by atoms with Crippen LogP contribution in [0.15, 0.2) is 29.7 Å². The van der Waals surface area contributed by atoms with E-state index in [-0.39, 0.29) is 17.2 Å². The highest BCUT2D eigenvalue weighted by molar-refractivity contribution is 7.85. The Kier molecular flexibility index (Phi) is 7.58. The second-order valence-electron chi connectivity index (χ2n) is 8.92. The van der Waals surface area contributed by atoms with Crippen molar-refractivity contribution in [3.8, 4) is 5.75 Å². The van der Waals surface area contributed by atoms with Gasteiger partial charge in [0.2, 0.25) is 6.29 Å². The summed E-state index contributed by atoms with van der Waals surface area (Å²) in [7, 11) is -4.72. The fraction of sp³-hybridized carbons (Fsp3) is 0.600. The van der Waals surface area contributed by atoms with Crippen LogP contribution < -0.4 is 4.74 Å². The number of benzene rings is 1. The van der Waals surface area contributed by atoms with Gasteiger partial charge in [-0.25, -0.2) is 9.67 Å². The lowest BCUT2D eigenvalue weighted by atomic mass is 9.88. The molecule has 1 aliphatic heterocycles. The van der Waals surface area contributed by atoms with E-state index in [2.05, 4.69) is 10.1 Å². The Morgan fingerprint density at radius 2 is 1.92 bits per heavy atom. The van der Waals surface area contributed by atoms with Gasteiger partial charge in [0.1, 0.15) is 42.1 Å². The molecular formula is C20H25Cl2N3O10S. The Balaban J connectivity index is 1.59. The van der Waals surface area contributed by atoms with Crippen molar-refractivity contribution in [2.75, 3.05) is 6.61 Å². The molecule has 200 valence electrons. The number of aromatic nitrogens is 3. The predicted molar refractivity (Wildman–Crippen MR) is 122 cm³/mol.